The predicted octanol–water partition coefficient (Wildman–Crippen LogP) is 4.19. The molecule has 2 heterocycles. The van der Waals surface area contributed by atoms with Gasteiger partial charge in [0.05, 0.1) is 13.2 Å². The molecule has 2 aromatic rings. The number of ether oxygens (including phenoxy) is 2. The van der Waals surface area contributed by atoms with Gasteiger partial charge in [-0.25, -0.2) is 14.6 Å². The minimum absolute atomic E-state index is 0.276. The van der Waals surface area contributed by atoms with Crippen LogP contribution in [-0.2, 0) is 27.3 Å². The molecule has 206 valence electrons. The van der Waals surface area contributed by atoms with Gasteiger partial charge in [-0.05, 0) is 24.5 Å². The highest BCUT2D eigenvalue weighted by atomic mass is 19.4. The molecule has 1 fully saturated rings. The van der Waals surface area contributed by atoms with Crippen LogP contribution in [0.4, 0.5) is 26.3 Å². The number of carboxylic acid groups (broad SMARTS) is 2. The molecule has 1 aromatic heterocycles. The maximum Gasteiger partial charge on any atom is 0.490 e. The Balaban J connectivity index is 0.000000404. The summed E-state index contributed by atoms with van der Waals surface area (Å²) in [5.74, 6) is -4.80. The number of hydrogen-bond donors (Lipinski definition) is 2. The van der Waals surface area contributed by atoms with E-state index in [-0.39, 0.29) is 6.10 Å². The van der Waals surface area contributed by atoms with Gasteiger partial charge in [-0.3, -0.25) is 4.90 Å². The lowest BCUT2D eigenvalue weighted by molar-refractivity contribution is -0.193. The lowest BCUT2D eigenvalue weighted by atomic mass is 10.0. The molecular weight excluding hydrogens is 514 g/mol. The number of aromatic nitrogens is 1. The van der Waals surface area contributed by atoms with E-state index in [4.69, 9.17) is 29.3 Å². The van der Waals surface area contributed by atoms with Crippen molar-refractivity contribution in [2.45, 2.75) is 43.9 Å². The molecule has 0 amide bonds. The molecule has 2 atom stereocenters. The Kier molecular flexibility index (Phi) is 12.3. The fourth-order valence-electron chi connectivity index (χ4n) is 3.42. The molecule has 3 rings (SSSR count). The van der Waals surface area contributed by atoms with Crippen LogP contribution >= 0.6 is 0 Å². The van der Waals surface area contributed by atoms with Gasteiger partial charge in [-0.2, -0.15) is 26.3 Å². The fraction of sp³-hybridized carbons (Fsp3) is 0.435. The van der Waals surface area contributed by atoms with Crippen LogP contribution in [0.15, 0.2) is 48.7 Å². The molecule has 0 saturated carbocycles. The molecule has 1 aliphatic heterocycles. The number of rotatable bonds is 6. The third kappa shape index (κ3) is 11.0. The molecule has 0 bridgehead atoms. The van der Waals surface area contributed by atoms with Crippen LogP contribution in [0.5, 0.6) is 5.88 Å². The van der Waals surface area contributed by atoms with Crippen molar-refractivity contribution in [3.05, 3.63) is 59.8 Å². The van der Waals surface area contributed by atoms with Crippen molar-refractivity contribution in [2.75, 3.05) is 20.8 Å². The van der Waals surface area contributed by atoms with E-state index in [0.717, 1.165) is 31.5 Å². The Labute approximate surface area is 208 Å². The maximum absolute atomic E-state index is 10.6. The molecule has 14 heteroatoms. The Morgan fingerprint density at radius 1 is 0.973 bits per heavy atom. The molecule has 1 saturated heterocycles. The van der Waals surface area contributed by atoms with Gasteiger partial charge in [-0.1, -0.05) is 36.4 Å². The number of likely N-dealkylation sites (tertiary alicyclic amines) is 1. The molecule has 0 spiro atoms. The third-order valence-corrected chi connectivity index (χ3v) is 5.09. The number of aliphatic carboxylic acids is 2. The summed E-state index contributed by atoms with van der Waals surface area (Å²) in [6, 6.07) is 15.1. The van der Waals surface area contributed by atoms with Crippen molar-refractivity contribution >= 4 is 11.9 Å². The molecule has 1 aromatic carbocycles. The number of benzene rings is 1. The lowest BCUT2D eigenvalue weighted by Crippen LogP contribution is -2.37. The molecule has 2 N–H and O–H groups in total. The summed E-state index contributed by atoms with van der Waals surface area (Å²) < 4.78 is 74.6. The normalized spacial score (nSPS) is 17.6. The number of alkyl halides is 6. The summed E-state index contributed by atoms with van der Waals surface area (Å²) in [5.41, 5.74) is 2.48. The summed E-state index contributed by atoms with van der Waals surface area (Å²) in [4.78, 5) is 24.6. The summed E-state index contributed by atoms with van der Waals surface area (Å²) in [5, 5.41) is 14.2. The summed E-state index contributed by atoms with van der Waals surface area (Å²) >= 11 is 0. The Morgan fingerprint density at radius 3 is 1.97 bits per heavy atom. The van der Waals surface area contributed by atoms with E-state index < -0.39 is 24.3 Å². The highest BCUT2D eigenvalue weighted by molar-refractivity contribution is 5.73. The van der Waals surface area contributed by atoms with E-state index >= 15 is 0 Å². The molecule has 0 radical (unpaired) electrons. The van der Waals surface area contributed by atoms with E-state index in [1.54, 1.807) is 13.3 Å². The van der Waals surface area contributed by atoms with Crippen molar-refractivity contribution in [2.24, 2.45) is 0 Å². The van der Waals surface area contributed by atoms with Crippen molar-refractivity contribution < 1.29 is 55.6 Å². The average Bonchev–Trinajstić information content (AvgIpc) is 3.20. The van der Waals surface area contributed by atoms with Gasteiger partial charge in [-0.15, -0.1) is 0 Å². The van der Waals surface area contributed by atoms with E-state index in [1.165, 1.54) is 5.56 Å². The molecule has 0 unspecified atom stereocenters. The minimum atomic E-state index is -5.08. The maximum atomic E-state index is 10.6. The second-order valence-electron chi connectivity index (χ2n) is 7.57. The number of hydrogen-bond acceptors (Lipinski definition) is 6. The summed E-state index contributed by atoms with van der Waals surface area (Å²) in [6.45, 7) is 1.88. The van der Waals surface area contributed by atoms with Crippen LogP contribution in [0, 0.1) is 0 Å². The molecule has 8 nitrogen and oxygen atoms in total. The van der Waals surface area contributed by atoms with E-state index in [1.807, 2.05) is 13.2 Å². The first kappa shape index (κ1) is 31.6. The minimum Gasteiger partial charge on any atom is -0.481 e. The zero-order valence-corrected chi connectivity index (χ0v) is 19.8. The quantitative estimate of drug-likeness (QED) is 0.526. The first-order valence-corrected chi connectivity index (χ1v) is 10.6. The van der Waals surface area contributed by atoms with E-state index in [0.29, 0.717) is 11.9 Å². The van der Waals surface area contributed by atoms with Crippen molar-refractivity contribution in [1.29, 1.82) is 0 Å². The number of pyridine rings is 1. The summed E-state index contributed by atoms with van der Waals surface area (Å²) in [6.07, 6.45) is -6.05. The van der Waals surface area contributed by atoms with Crippen molar-refractivity contribution in [3.8, 4) is 5.88 Å². The fourth-order valence-corrected chi connectivity index (χ4v) is 3.42. The zero-order valence-electron chi connectivity index (χ0n) is 19.8. The number of halogens is 6. The smallest absolute Gasteiger partial charge is 0.481 e. The standard InChI is InChI=1S/C19H24N2O2.2C2HF3O2/c1-22-18-10-12-21(14-16-9-6-11-20-19(16)23-2)17(18)13-15-7-4-3-5-8-15;2*3-2(4,5)1(6)7/h3-9,11,17-18H,10,12-14H2,1-2H3;2*(H,6,7)/t17-,18+;;/m0../s1. The van der Waals surface area contributed by atoms with Gasteiger partial charge < -0.3 is 19.7 Å². The van der Waals surface area contributed by atoms with Gasteiger partial charge >= 0.3 is 24.3 Å². The first-order chi connectivity index (χ1) is 17.2. The predicted molar refractivity (Wildman–Crippen MR) is 118 cm³/mol. The van der Waals surface area contributed by atoms with Gasteiger partial charge in [0.1, 0.15) is 0 Å². The Bertz CT molecular complexity index is 964. The highest BCUT2D eigenvalue weighted by Gasteiger charge is 2.39. The molecule has 37 heavy (non-hydrogen) atoms. The van der Waals surface area contributed by atoms with E-state index in [2.05, 4.69) is 46.3 Å². The molecule has 0 aliphatic carbocycles. The van der Waals surface area contributed by atoms with Crippen molar-refractivity contribution in [1.82, 2.24) is 9.88 Å². The van der Waals surface area contributed by atoms with Gasteiger partial charge in [0.2, 0.25) is 5.88 Å². The SMILES string of the molecule is COc1ncccc1CN1CC[C@@H](OC)[C@@H]1Cc1ccccc1.O=C(O)C(F)(F)F.O=C(O)C(F)(F)F. The average molecular weight is 540 g/mol. The second kappa shape index (κ2) is 14.4. The number of nitrogens with zero attached hydrogens (tertiary/aromatic N) is 2. The van der Waals surface area contributed by atoms with Gasteiger partial charge in [0, 0.05) is 38.0 Å². The Morgan fingerprint density at radius 2 is 1.51 bits per heavy atom. The monoisotopic (exact) mass is 540 g/mol. The zero-order chi connectivity index (χ0) is 28.2. The van der Waals surface area contributed by atoms with Crippen LogP contribution < -0.4 is 4.74 Å². The molecule has 1 aliphatic rings. The summed E-state index contributed by atoms with van der Waals surface area (Å²) in [7, 11) is 3.49. The third-order valence-electron chi connectivity index (χ3n) is 5.09. The lowest BCUT2D eigenvalue weighted by Gasteiger charge is -2.28. The van der Waals surface area contributed by atoms with E-state index in [9.17, 15) is 26.3 Å². The van der Waals surface area contributed by atoms with Crippen LogP contribution in [0.3, 0.4) is 0 Å². The van der Waals surface area contributed by atoms with Crippen LogP contribution in [0.1, 0.15) is 17.5 Å². The van der Waals surface area contributed by atoms with Crippen molar-refractivity contribution in [3.63, 3.8) is 0 Å². The van der Waals surface area contributed by atoms with Crippen LogP contribution in [-0.4, -0.2) is 77.3 Å². The number of carboxylic acids is 2. The van der Waals surface area contributed by atoms with Gasteiger partial charge in [0.25, 0.3) is 0 Å². The second-order valence-corrected chi connectivity index (χ2v) is 7.57. The largest absolute Gasteiger partial charge is 0.490 e. The number of carbonyl (C=O) groups is 2. The molecular formula is C23H26F6N2O6. The first-order valence-electron chi connectivity index (χ1n) is 10.6. The Hall–Kier alpha value is -3.39. The van der Waals surface area contributed by atoms with Crippen LogP contribution in [0.25, 0.3) is 0 Å². The number of methoxy groups -OCH3 is 2. The topological polar surface area (TPSA) is 109 Å². The van der Waals surface area contributed by atoms with Gasteiger partial charge in [0.15, 0.2) is 0 Å². The van der Waals surface area contributed by atoms with Crippen LogP contribution in [0.2, 0.25) is 0 Å². The highest BCUT2D eigenvalue weighted by Crippen LogP contribution is 2.27.